The highest BCUT2D eigenvalue weighted by molar-refractivity contribution is 5.92. The topological polar surface area (TPSA) is 98.7 Å². The molecule has 0 spiro atoms. The Balaban J connectivity index is 1.38. The lowest BCUT2D eigenvalue weighted by Gasteiger charge is -2.05. The Kier molecular flexibility index (Phi) is 5.24. The summed E-state index contributed by atoms with van der Waals surface area (Å²) in [7, 11) is 0. The first-order chi connectivity index (χ1) is 15.8. The molecule has 8 heteroatoms. The van der Waals surface area contributed by atoms with Gasteiger partial charge in [-0.15, -0.1) is 0 Å². The van der Waals surface area contributed by atoms with E-state index in [9.17, 15) is 4.79 Å². The molecule has 0 fully saturated rings. The Hall–Kier alpha value is -4.59. The second kappa shape index (κ2) is 8.65. The first-order valence-electron chi connectivity index (χ1n) is 9.99. The van der Waals surface area contributed by atoms with Crippen LogP contribution < -0.4 is 5.32 Å². The molecule has 2 aromatic carbocycles. The zero-order valence-corrected chi connectivity index (χ0v) is 16.9. The highest BCUT2D eigenvalue weighted by atomic mass is 16.5. The largest absolute Gasteiger partial charge is 0.347 e. The normalized spacial score (nSPS) is 10.8. The summed E-state index contributed by atoms with van der Waals surface area (Å²) in [4.78, 5) is 25.7. The van der Waals surface area contributed by atoms with Gasteiger partial charge in [0.2, 0.25) is 5.82 Å². The number of nitrogens with one attached hydrogen (secondary N) is 1. The zero-order chi connectivity index (χ0) is 21.8. The Morgan fingerprint density at radius 1 is 0.938 bits per heavy atom. The quantitative estimate of drug-likeness (QED) is 0.445. The second-order valence-electron chi connectivity index (χ2n) is 7.00. The van der Waals surface area contributed by atoms with Gasteiger partial charge in [0.25, 0.3) is 11.8 Å². The summed E-state index contributed by atoms with van der Waals surface area (Å²) in [6, 6.07) is 22.9. The molecule has 8 nitrogen and oxygen atoms in total. The van der Waals surface area contributed by atoms with Crippen molar-refractivity contribution in [1.29, 1.82) is 0 Å². The lowest BCUT2D eigenvalue weighted by atomic mass is 10.2. The molecule has 5 rings (SSSR count). The maximum Gasteiger partial charge on any atom is 0.271 e. The minimum Gasteiger partial charge on any atom is -0.347 e. The molecule has 0 atom stereocenters. The van der Waals surface area contributed by atoms with Crippen LogP contribution in [0.25, 0.3) is 28.7 Å². The van der Waals surface area contributed by atoms with E-state index >= 15 is 0 Å². The summed E-state index contributed by atoms with van der Waals surface area (Å²) in [5.41, 5.74) is 2.79. The molecule has 1 N–H and O–H groups in total. The SMILES string of the molecule is O=C(NCc1ccccc1)c1cn(-c2ncccc2-c2nc(-c3ccccc3)no2)cn1. The molecule has 0 aliphatic rings. The minimum absolute atomic E-state index is 0.269. The van der Waals surface area contributed by atoms with Crippen LogP contribution in [0.15, 0.2) is 96.0 Å². The lowest BCUT2D eigenvalue weighted by molar-refractivity contribution is 0.0946. The molecule has 32 heavy (non-hydrogen) atoms. The van der Waals surface area contributed by atoms with Crippen molar-refractivity contribution in [2.24, 2.45) is 0 Å². The van der Waals surface area contributed by atoms with E-state index in [1.54, 1.807) is 23.0 Å². The van der Waals surface area contributed by atoms with E-state index in [4.69, 9.17) is 4.52 Å². The second-order valence-corrected chi connectivity index (χ2v) is 7.00. The van der Waals surface area contributed by atoms with E-state index in [0.29, 0.717) is 29.6 Å². The monoisotopic (exact) mass is 422 g/mol. The molecule has 156 valence electrons. The molecule has 0 saturated heterocycles. The number of hydrogen-bond acceptors (Lipinski definition) is 6. The van der Waals surface area contributed by atoms with E-state index in [-0.39, 0.29) is 11.6 Å². The molecule has 0 radical (unpaired) electrons. The van der Waals surface area contributed by atoms with Gasteiger partial charge in [-0.05, 0) is 17.7 Å². The molecule has 0 aliphatic carbocycles. The molecule has 0 bridgehead atoms. The van der Waals surface area contributed by atoms with Crippen molar-refractivity contribution >= 4 is 5.91 Å². The molecule has 1 amide bonds. The number of aromatic nitrogens is 5. The molecule has 3 aromatic heterocycles. The van der Waals surface area contributed by atoms with Gasteiger partial charge in [0.05, 0.1) is 5.56 Å². The summed E-state index contributed by atoms with van der Waals surface area (Å²) in [6.45, 7) is 0.422. The fourth-order valence-corrected chi connectivity index (χ4v) is 3.23. The summed E-state index contributed by atoms with van der Waals surface area (Å²) in [5.74, 6) is 1.08. The van der Waals surface area contributed by atoms with Gasteiger partial charge in [0, 0.05) is 24.5 Å². The Morgan fingerprint density at radius 3 is 2.53 bits per heavy atom. The summed E-state index contributed by atoms with van der Waals surface area (Å²) < 4.78 is 7.16. The van der Waals surface area contributed by atoms with Crippen molar-refractivity contribution in [2.75, 3.05) is 0 Å². The molecule has 0 saturated carbocycles. The molecule has 3 heterocycles. The number of imidazole rings is 1. The summed E-state index contributed by atoms with van der Waals surface area (Å²) in [6.07, 6.45) is 4.82. The highest BCUT2D eigenvalue weighted by Gasteiger charge is 2.17. The molecule has 0 unspecified atom stereocenters. The van der Waals surface area contributed by atoms with Crippen LogP contribution in [-0.4, -0.2) is 30.6 Å². The predicted molar refractivity (Wildman–Crippen MR) is 118 cm³/mol. The van der Waals surface area contributed by atoms with Gasteiger partial charge in [0.1, 0.15) is 12.0 Å². The maximum absolute atomic E-state index is 12.5. The van der Waals surface area contributed by atoms with E-state index < -0.39 is 0 Å². The highest BCUT2D eigenvalue weighted by Crippen LogP contribution is 2.26. The van der Waals surface area contributed by atoms with Crippen LogP contribution in [0, 0.1) is 0 Å². The van der Waals surface area contributed by atoms with E-state index in [1.807, 2.05) is 66.7 Å². The number of carbonyl (C=O) groups excluding carboxylic acids is 1. The van der Waals surface area contributed by atoms with Crippen molar-refractivity contribution in [3.8, 4) is 28.7 Å². The van der Waals surface area contributed by atoms with Gasteiger partial charge < -0.3 is 9.84 Å². The van der Waals surface area contributed by atoms with Gasteiger partial charge in [-0.25, -0.2) is 9.97 Å². The van der Waals surface area contributed by atoms with Gasteiger partial charge >= 0.3 is 0 Å². The number of pyridine rings is 1. The van der Waals surface area contributed by atoms with E-state index in [0.717, 1.165) is 11.1 Å². The summed E-state index contributed by atoms with van der Waals surface area (Å²) >= 11 is 0. The third-order valence-corrected chi connectivity index (χ3v) is 4.83. The number of rotatable bonds is 6. The smallest absolute Gasteiger partial charge is 0.271 e. The molecule has 5 aromatic rings. The first-order valence-corrected chi connectivity index (χ1v) is 9.99. The Labute approximate surface area is 183 Å². The average molecular weight is 422 g/mol. The fourth-order valence-electron chi connectivity index (χ4n) is 3.23. The number of benzene rings is 2. The standard InChI is InChI=1S/C24H18N6O2/c31-23(26-14-17-8-3-1-4-9-17)20-15-30(16-27-20)22-19(12-7-13-25-22)24-28-21(29-32-24)18-10-5-2-6-11-18/h1-13,15-16H,14H2,(H,26,31). The minimum atomic E-state index is -0.269. The van der Waals surface area contributed by atoms with Crippen LogP contribution in [0.3, 0.4) is 0 Å². The zero-order valence-electron chi connectivity index (χ0n) is 16.9. The third kappa shape index (κ3) is 4.01. The van der Waals surface area contributed by atoms with Crippen LogP contribution in [0.1, 0.15) is 16.1 Å². The van der Waals surface area contributed by atoms with E-state index in [2.05, 4.69) is 25.4 Å². The Bertz CT molecular complexity index is 1350. The van der Waals surface area contributed by atoms with Crippen molar-refractivity contribution in [3.05, 3.63) is 103 Å². The van der Waals surface area contributed by atoms with Crippen molar-refractivity contribution in [2.45, 2.75) is 6.54 Å². The van der Waals surface area contributed by atoms with Crippen LogP contribution >= 0.6 is 0 Å². The van der Waals surface area contributed by atoms with Crippen LogP contribution in [0.5, 0.6) is 0 Å². The molecule has 0 aliphatic heterocycles. The number of carbonyl (C=O) groups is 1. The van der Waals surface area contributed by atoms with E-state index in [1.165, 1.54) is 6.33 Å². The van der Waals surface area contributed by atoms with Crippen LogP contribution in [0.2, 0.25) is 0 Å². The van der Waals surface area contributed by atoms with Gasteiger partial charge in [-0.1, -0.05) is 65.8 Å². The average Bonchev–Trinajstić information content (AvgIpc) is 3.54. The van der Waals surface area contributed by atoms with Gasteiger partial charge in [-0.2, -0.15) is 4.98 Å². The van der Waals surface area contributed by atoms with Crippen LogP contribution in [0.4, 0.5) is 0 Å². The van der Waals surface area contributed by atoms with Gasteiger partial charge in [-0.3, -0.25) is 9.36 Å². The summed E-state index contributed by atoms with van der Waals surface area (Å²) in [5, 5.41) is 6.95. The number of hydrogen-bond donors (Lipinski definition) is 1. The predicted octanol–water partition coefficient (Wildman–Crippen LogP) is 3.91. The maximum atomic E-state index is 12.5. The number of nitrogens with zero attached hydrogens (tertiary/aromatic N) is 5. The Morgan fingerprint density at radius 2 is 1.72 bits per heavy atom. The van der Waals surface area contributed by atoms with Crippen molar-refractivity contribution in [3.63, 3.8) is 0 Å². The fraction of sp³-hybridized carbons (Fsp3) is 0.0417. The third-order valence-electron chi connectivity index (χ3n) is 4.83. The van der Waals surface area contributed by atoms with Gasteiger partial charge in [0.15, 0.2) is 5.82 Å². The first kappa shape index (κ1) is 19.4. The van der Waals surface area contributed by atoms with Crippen LogP contribution in [-0.2, 0) is 6.54 Å². The molecular formula is C24H18N6O2. The number of amides is 1. The van der Waals surface area contributed by atoms with Crippen molar-refractivity contribution in [1.82, 2.24) is 30.0 Å². The lowest BCUT2D eigenvalue weighted by Crippen LogP contribution is -2.23. The molecular weight excluding hydrogens is 404 g/mol. The van der Waals surface area contributed by atoms with Crippen molar-refractivity contribution < 1.29 is 9.32 Å².